The average molecular weight is 244 g/mol. The average Bonchev–Trinajstić information content (AvgIpc) is 2.01. The Morgan fingerprint density at radius 3 is 2.46 bits per heavy atom. The molecule has 0 atom stereocenters. The molecule has 0 saturated carbocycles. The highest BCUT2D eigenvalue weighted by molar-refractivity contribution is 9.10. The molecule has 2 nitrogen and oxygen atoms in total. The van der Waals surface area contributed by atoms with Gasteiger partial charge in [-0.25, -0.2) is 0 Å². The Morgan fingerprint density at radius 1 is 1.38 bits per heavy atom. The van der Waals surface area contributed by atoms with Crippen molar-refractivity contribution in [3.8, 4) is 5.75 Å². The van der Waals surface area contributed by atoms with Crippen LogP contribution in [0.2, 0.25) is 0 Å². The van der Waals surface area contributed by atoms with Crippen LogP contribution in [0.4, 0.5) is 0 Å². The molecule has 0 spiro atoms. The molecule has 0 bridgehead atoms. The molecular formula is C10H14BrNO. The van der Waals surface area contributed by atoms with Crippen LogP contribution in [-0.4, -0.2) is 12.1 Å². The quantitative estimate of drug-likeness (QED) is 0.757. The van der Waals surface area contributed by atoms with E-state index in [1.54, 1.807) is 13.3 Å². The number of nitrogens with zero attached hydrogens (tertiary/aromatic N) is 1. The van der Waals surface area contributed by atoms with E-state index in [1.165, 1.54) is 0 Å². The van der Waals surface area contributed by atoms with Gasteiger partial charge in [0.05, 0.1) is 12.8 Å². The first kappa shape index (κ1) is 10.5. The molecule has 0 amide bonds. The summed E-state index contributed by atoms with van der Waals surface area (Å²) in [5, 5.41) is 0. The minimum atomic E-state index is 0.0199. The minimum Gasteiger partial charge on any atom is -0.495 e. The van der Waals surface area contributed by atoms with Gasteiger partial charge < -0.3 is 4.74 Å². The fraction of sp³-hybridized carbons (Fsp3) is 0.500. The lowest BCUT2D eigenvalue weighted by Crippen LogP contribution is -2.14. The maximum absolute atomic E-state index is 5.26. The zero-order valence-corrected chi connectivity index (χ0v) is 9.97. The zero-order chi connectivity index (χ0) is 10.1. The van der Waals surface area contributed by atoms with Gasteiger partial charge in [0.1, 0.15) is 5.75 Å². The third kappa shape index (κ3) is 2.44. The third-order valence-corrected chi connectivity index (χ3v) is 2.18. The first-order chi connectivity index (χ1) is 5.95. The Kier molecular flexibility index (Phi) is 2.96. The molecule has 13 heavy (non-hydrogen) atoms. The van der Waals surface area contributed by atoms with Gasteiger partial charge in [-0.2, -0.15) is 0 Å². The van der Waals surface area contributed by atoms with Crippen molar-refractivity contribution in [3.05, 3.63) is 22.4 Å². The summed E-state index contributed by atoms with van der Waals surface area (Å²) >= 11 is 3.36. The fourth-order valence-corrected chi connectivity index (χ4v) is 1.45. The van der Waals surface area contributed by atoms with E-state index in [1.807, 2.05) is 6.07 Å². The van der Waals surface area contributed by atoms with Crippen LogP contribution in [0.1, 0.15) is 26.5 Å². The van der Waals surface area contributed by atoms with Crippen LogP contribution < -0.4 is 4.74 Å². The van der Waals surface area contributed by atoms with Gasteiger partial charge in [0.15, 0.2) is 0 Å². The van der Waals surface area contributed by atoms with Crippen LogP contribution in [0.3, 0.4) is 0 Å². The van der Waals surface area contributed by atoms with E-state index in [0.717, 1.165) is 15.9 Å². The Morgan fingerprint density at radius 2 is 2.00 bits per heavy atom. The van der Waals surface area contributed by atoms with Gasteiger partial charge in [-0.1, -0.05) is 20.8 Å². The Bertz CT molecular complexity index is 304. The minimum absolute atomic E-state index is 0.0199. The van der Waals surface area contributed by atoms with Crippen molar-refractivity contribution in [2.75, 3.05) is 7.11 Å². The van der Waals surface area contributed by atoms with Gasteiger partial charge in [0, 0.05) is 16.1 Å². The van der Waals surface area contributed by atoms with Gasteiger partial charge in [-0.15, -0.1) is 0 Å². The molecule has 0 aromatic carbocycles. The topological polar surface area (TPSA) is 22.1 Å². The molecule has 0 aliphatic carbocycles. The van der Waals surface area contributed by atoms with Crippen LogP contribution in [0.15, 0.2) is 16.7 Å². The fourth-order valence-electron chi connectivity index (χ4n) is 1.14. The van der Waals surface area contributed by atoms with Crippen LogP contribution in [0.5, 0.6) is 5.75 Å². The SMILES string of the molecule is COc1cc(Br)cnc1C(C)(C)C. The molecule has 0 radical (unpaired) electrons. The van der Waals surface area contributed by atoms with Crippen molar-refractivity contribution in [2.24, 2.45) is 0 Å². The van der Waals surface area contributed by atoms with E-state index >= 15 is 0 Å². The molecule has 72 valence electrons. The van der Waals surface area contributed by atoms with E-state index in [2.05, 4.69) is 41.7 Å². The third-order valence-electron chi connectivity index (χ3n) is 1.75. The molecule has 1 rings (SSSR count). The van der Waals surface area contributed by atoms with Gasteiger partial charge in [0.25, 0.3) is 0 Å². The lowest BCUT2D eigenvalue weighted by atomic mass is 9.91. The summed E-state index contributed by atoms with van der Waals surface area (Å²) in [7, 11) is 1.67. The van der Waals surface area contributed by atoms with E-state index < -0.39 is 0 Å². The van der Waals surface area contributed by atoms with E-state index in [4.69, 9.17) is 4.74 Å². The number of rotatable bonds is 1. The highest BCUT2D eigenvalue weighted by atomic mass is 79.9. The molecule has 0 unspecified atom stereocenters. The number of hydrogen-bond donors (Lipinski definition) is 0. The molecule has 0 saturated heterocycles. The van der Waals surface area contributed by atoms with Gasteiger partial charge >= 0.3 is 0 Å². The Balaban J connectivity index is 3.22. The number of ether oxygens (including phenoxy) is 1. The second-order valence-corrected chi connectivity index (χ2v) is 4.87. The predicted octanol–water partition coefficient (Wildman–Crippen LogP) is 3.15. The van der Waals surface area contributed by atoms with Gasteiger partial charge in [-0.05, 0) is 22.0 Å². The van der Waals surface area contributed by atoms with Crippen LogP contribution in [0.25, 0.3) is 0 Å². The molecule has 1 aromatic rings. The van der Waals surface area contributed by atoms with E-state index in [0.29, 0.717) is 0 Å². The monoisotopic (exact) mass is 243 g/mol. The molecular weight excluding hydrogens is 230 g/mol. The predicted molar refractivity (Wildman–Crippen MR) is 57.2 cm³/mol. The molecule has 1 aromatic heterocycles. The Hall–Kier alpha value is -0.570. The maximum atomic E-state index is 5.26. The lowest BCUT2D eigenvalue weighted by Gasteiger charge is -2.20. The molecule has 1 heterocycles. The summed E-state index contributed by atoms with van der Waals surface area (Å²) in [6, 6.07) is 1.94. The molecule has 0 N–H and O–H groups in total. The summed E-state index contributed by atoms with van der Waals surface area (Å²) in [6.07, 6.45) is 1.79. The van der Waals surface area contributed by atoms with Crippen molar-refractivity contribution < 1.29 is 4.74 Å². The van der Waals surface area contributed by atoms with Crippen LogP contribution >= 0.6 is 15.9 Å². The molecule has 0 aliphatic heterocycles. The number of aromatic nitrogens is 1. The number of hydrogen-bond acceptors (Lipinski definition) is 2. The summed E-state index contributed by atoms with van der Waals surface area (Å²) in [5.41, 5.74) is 1.00. The summed E-state index contributed by atoms with van der Waals surface area (Å²) in [4.78, 5) is 4.35. The normalized spacial score (nSPS) is 11.5. The van der Waals surface area contributed by atoms with Gasteiger partial charge in [-0.3, -0.25) is 4.98 Å². The molecule has 0 fully saturated rings. The van der Waals surface area contributed by atoms with Crippen molar-refractivity contribution >= 4 is 15.9 Å². The highest BCUT2D eigenvalue weighted by Gasteiger charge is 2.20. The van der Waals surface area contributed by atoms with Crippen LogP contribution in [0, 0.1) is 0 Å². The highest BCUT2D eigenvalue weighted by Crippen LogP contribution is 2.30. The van der Waals surface area contributed by atoms with Crippen LogP contribution in [-0.2, 0) is 5.41 Å². The van der Waals surface area contributed by atoms with Crippen molar-refractivity contribution in [1.29, 1.82) is 0 Å². The van der Waals surface area contributed by atoms with E-state index in [-0.39, 0.29) is 5.41 Å². The number of methoxy groups -OCH3 is 1. The van der Waals surface area contributed by atoms with Crippen molar-refractivity contribution in [3.63, 3.8) is 0 Å². The maximum Gasteiger partial charge on any atom is 0.142 e. The first-order valence-electron chi connectivity index (χ1n) is 4.15. The summed E-state index contributed by atoms with van der Waals surface area (Å²) < 4.78 is 6.20. The molecule has 0 aliphatic rings. The van der Waals surface area contributed by atoms with Gasteiger partial charge in [0.2, 0.25) is 0 Å². The summed E-state index contributed by atoms with van der Waals surface area (Å²) in [6.45, 7) is 6.35. The second-order valence-electron chi connectivity index (χ2n) is 3.95. The van der Waals surface area contributed by atoms with Crippen molar-refractivity contribution in [1.82, 2.24) is 4.98 Å². The summed E-state index contributed by atoms with van der Waals surface area (Å²) in [5.74, 6) is 0.835. The molecule has 3 heteroatoms. The standard InChI is InChI=1S/C10H14BrNO/c1-10(2,3)9-8(13-4)5-7(11)6-12-9/h5-6H,1-4H3. The number of halogens is 1. The largest absolute Gasteiger partial charge is 0.495 e. The van der Waals surface area contributed by atoms with E-state index in [9.17, 15) is 0 Å². The smallest absolute Gasteiger partial charge is 0.142 e. The lowest BCUT2D eigenvalue weighted by molar-refractivity contribution is 0.391. The second kappa shape index (κ2) is 3.66. The Labute approximate surface area is 87.5 Å². The number of pyridine rings is 1. The zero-order valence-electron chi connectivity index (χ0n) is 8.39. The first-order valence-corrected chi connectivity index (χ1v) is 4.94. The van der Waals surface area contributed by atoms with Crippen molar-refractivity contribution in [2.45, 2.75) is 26.2 Å².